The van der Waals surface area contributed by atoms with Gasteiger partial charge in [0.25, 0.3) is 5.91 Å². The highest BCUT2D eigenvalue weighted by Gasteiger charge is 2.23. The Hall–Kier alpha value is -2.01. The third kappa shape index (κ3) is 3.26. The molecule has 24 heavy (non-hydrogen) atoms. The smallest absolute Gasteiger partial charge is 0.266 e. The molecule has 0 spiro atoms. The van der Waals surface area contributed by atoms with Crippen LogP contribution >= 0.6 is 11.3 Å². The Kier molecular flexibility index (Phi) is 4.81. The third-order valence-electron chi connectivity index (χ3n) is 4.07. The minimum absolute atomic E-state index is 0.0966. The lowest BCUT2D eigenvalue weighted by atomic mass is 10.0. The van der Waals surface area contributed by atoms with Crippen molar-refractivity contribution in [2.45, 2.75) is 46.1 Å². The quantitative estimate of drug-likeness (QED) is 0.843. The summed E-state index contributed by atoms with van der Waals surface area (Å²) in [6.45, 7) is 8.71. The first-order valence-electron chi connectivity index (χ1n) is 8.34. The van der Waals surface area contributed by atoms with E-state index in [1.807, 2.05) is 37.4 Å². The van der Waals surface area contributed by atoms with Crippen molar-refractivity contribution in [3.05, 3.63) is 39.6 Å². The van der Waals surface area contributed by atoms with Gasteiger partial charge in [-0.3, -0.25) is 4.79 Å². The van der Waals surface area contributed by atoms with Gasteiger partial charge in [0.15, 0.2) is 0 Å². The summed E-state index contributed by atoms with van der Waals surface area (Å²) in [5.41, 5.74) is 2.86. The van der Waals surface area contributed by atoms with Crippen molar-refractivity contribution in [1.29, 1.82) is 0 Å². The first-order chi connectivity index (χ1) is 11.5. The maximum absolute atomic E-state index is 12.7. The minimum atomic E-state index is -0.0966. The van der Waals surface area contributed by atoms with Crippen LogP contribution in [-0.4, -0.2) is 18.6 Å². The molecule has 0 saturated carbocycles. The van der Waals surface area contributed by atoms with Crippen LogP contribution in [0.1, 0.15) is 54.4 Å². The average molecular weight is 345 g/mol. The molecule has 128 valence electrons. The highest BCUT2D eigenvalue weighted by molar-refractivity contribution is 7.12. The summed E-state index contributed by atoms with van der Waals surface area (Å²) in [7, 11) is 0. The molecule has 1 aromatic heterocycles. The molecule has 3 rings (SSSR count). The SMILES string of the molecule is CCOc1cc2c(cc1NC(=O)c1sccc1C(C)C)OC(C)C2. The fourth-order valence-corrected chi connectivity index (χ4v) is 3.90. The second-order valence-corrected chi connectivity index (χ2v) is 7.25. The largest absolute Gasteiger partial charge is 0.492 e. The van der Waals surface area contributed by atoms with E-state index in [1.54, 1.807) is 0 Å². The van der Waals surface area contributed by atoms with E-state index in [4.69, 9.17) is 9.47 Å². The fourth-order valence-electron chi connectivity index (χ4n) is 2.95. The molecular weight excluding hydrogens is 322 g/mol. The third-order valence-corrected chi connectivity index (χ3v) is 5.00. The number of amides is 1. The predicted molar refractivity (Wildman–Crippen MR) is 97.8 cm³/mol. The number of carbonyl (C=O) groups excluding carboxylic acids is 1. The number of benzene rings is 1. The summed E-state index contributed by atoms with van der Waals surface area (Å²) in [6, 6.07) is 5.88. The highest BCUT2D eigenvalue weighted by Crippen LogP contribution is 2.38. The van der Waals surface area contributed by atoms with Crippen molar-refractivity contribution >= 4 is 22.9 Å². The van der Waals surface area contributed by atoms with Gasteiger partial charge in [-0.15, -0.1) is 11.3 Å². The number of hydrogen-bond acceptors (Lipinski definition) is 4. The lowest BCUT2D eigenvalue weighted by molar-refractivity contribution is 0.102. The van der Waals surface area contributed by atoms with E-state index in [2.05, 4.69) is 19.2 Å². The number of anilines is 1. The second-order valence-electron chi connectivity index (χ2n) is 6.34. The van der Waals surface area contributed by atoms with Gasteiger partial charge in [0.1, 0.15) is 17.6 Å². The van der Waals surface area contributed by atoms with Crippen LogP contribution in [0.3, 0.4) is 0 Å². The van der Waals surface area contributed by atoms with Crippen molar-refractivity contribution in [2.24, 2.45) is 0 Å². The molecule has 1 N–H and O–H groups in total. The fraction of sp³-hybridized carbons (Fsp3) is 0.421. The van der Waals surface area contributed by atoms with Gasteiger partial charge in [0, 0.05) is 18.1 Å². The number of rotatable bonds is 5. The van der Waals surface area contributed by atoms with Gasteiger partial charge in [0.05, 0.1) is 17.2 Å². The molecule has 1 unspecified atom stereocenters. The normalized spacial score (nSPS) is 16.0. The Balaban J connectivity index is 1.90. The zero-order valence-electron chi connectivity index (χ0n) is 14.5. The van der Waals surface area contributed by atoms with E-state index in [9.17, 15) is 4.79 Å². The predicted octanol–water partition coefficient (Wildman–Crippen LogP) is 4.85. The van der Waals surface area contributed by atoms with Crippen LogP contribution in [-0.2, 0) is 6.42 Å². The molecule has 1 atom stereocenters. The molecule has 1 aromatic carbocycles. The summed E-state index contributed by atoms with van der Waals surface area (Å²) >= 11 is 1.47. The van der Waals surface area contributed by atoms with E-state index >= 15 is 0 Å². The van der Waals surface area contributed by atoms with Crippen LogP contribution in [0.2, 0.25) is 0 Å². The van der Waals surface area contributed by atoms with Gasteiger partial charge in [-0.05, 0) is 42.8 Å². The standard InChI is InChI=1S/C19H23NO3S/c1-5-22-17-9-13-8-12(4)23-16(13)10-15(17)20-19(21)18-14(11(2)3)6-7-24-18/h6-7,9-12H,5,8H2,1-4H3,(H,20,21). The topological polar surface area (TPSA) is 47.6 Å². The molecule has 1 aliphatic heterocycles. The molecule has 0 aliphatic carbocycles. The molecule has 4 nitrogen and oxygen atoms in total. The maximum Gasteiger partial charge on any atom is 0.266 e. The second kappa shape index (κ2) is 6.85. The molecule has 0 saturated heterocycles. The molecule has 0 fully saturated rings. The zero-order chi connectivity index (χ0) is 17.3. The van der Waals surface area contributed by atoms with E-state index in [0.717, 1.165) is 28.2 Å². The number of fused-ring (bicyclic) bond motifs is 1. The van der Waals surface area contributed by atoms with Crippen LogP contribution < -0.4 is 14.8 Å². The van der Waals surface area contributed by atoms with Gasteiger partial charge >= 0.3 is 0 Å². The molecular formula is C19H23NO3S. The van der Waals surface area contributed by atoms with Crippen molar-refractivity contribution in [3.63, 3.8) is 0 Å². The lowest BCUT2D eigenvalue weighted by Gasteiger charge is -2.14. The molecule has 0 radical (unpaired) electrons. The molecule has 2 heterocycles. The van der Waals surface area contributed by atoms with E-state index in [-0.39, 0.29) is 12.0 Å². The first kappa shape index (κ1) is 16.8. The van der Waals surface area contributed by atoms with Crippen LogP contribution in [0.4, 0.5) is 5.69 Å². The number of hydrogen-bond donors (Lipinski definition) is 1. The summed E-state index contributed by atoms with van der Waals surface area (Å²) in [4.78, 5) is 13.5. The van der Waals surface area contributed by atoms with Crippen molar-refractivity contribution in [1.82, 2.24) is 0 Å². The molecule has 1 amide bonds. The first-order valence-corrected chi connectivity index (χ1v) is 9.22. The monoisotopic (exact) mass is 345 g/mol. The van der Waals surface area contributed by atoms with E-state index < -0.39 is 0 Å². The van der Waals surface area contributed by atoms with Crippen LogP contribution in [0.5, 0.6) is 11.5 Å². The van der Waals surface area contributed by atoms with Crippen LogP contribution in [0.15, 0.2) is 23.6 Å². The Morgan fingerprint density at radius 2 is 2.25 bits per heavy atom. The van der Waals surface area contributed by atoms with Crippen LogP contribution in [0.25, 0.3) is 0 Å². The maximum atomic E-state index is 12.7. The zero-order valence-corrected chi connectivity index (χ0v) is 15.3. The summed E-state index contributed by atoms with van der Waals surface area (Å²) in [6.07, 6.45) is 1.02. The summed E-state index contributed by atoms with van der Waals surface area (Å²) in [5.74, 6) is 1.75. The van der Waals surface area contributed by atoms with E-state index in [0.29, 0.717) is 24.0 Å². The lowest BCUT2D eigenvalue weighted by Crippen LogP contribution is -2.14. The minimum Gasteiger partial charge on any atom is -0.492 e. The number of thiophene rings is 1. The summed E-state index contributed by atoms with van der Waals surface area (Å²) in [5, 5.41) is 4.96. The molecule has 5 heteroatoms. The Labute approximate surface area is 146 Å². The highest BCUT2D eigenvalue weighted by atomic mass is 32.1. The Morgan fingerprint density at radius 3 is 2.96 bits per heavy atom. The van der Waals surface area contributed by atoms with E-state index in [1.165, 1.54) is 11.3 Å². The summed E-state index contributed by atoms with van der Waals surface area (Å²) < 4.78 is 11.5. The van der Waals surface area contributed by atoms with Gasteiger partial charge in [-0.25, -0.2) is 0 Å². The van der Waals surface area contributed by atoms with Gasteiger partial charge in [0.2, 0.25) is 0 Å². The van der Waals surface area contributed by atoms with Crippen molar-refractivity contribution in [3.8, 4) is 11.5 Å². The van der Waals surface area contributed by atoms with Gasteiger partial charge in [-0.2, -0.15) is 0 Å². The van der Waals surface area contributed by atoms with Crippen molar-refractivity contribution in [2.75, 3.05) is 11.9 Å². The van der Waals surface area contributed by atoms with Gasteiger partial charge in [-0.1, -0.05) is 13.8 Å². The van der Waals surface area contributed by atoms with Crippen molar-refractivity contribution < 1.29 is 14.3 Å². The molecule has 1 aliphatic rings. The Morgan fingerprint density at radius 1 is 1.46 bits per heavy atom. The molecule has 0 bridgehead atoms. The average Bonchev–Trinajstić information content (AvgIpc) is 3.13. The van der Waals surface area contributed by atoms with Gasteiger partial charge < -0.3 is 14.8 Å². The molecule has 2 aromatic rings. The van der Waals surface area contributed by atoms with Crippen LogP contribution in [0, 0.1) is 0 Å². The Bertz CT molecular complexity index is 751. The number of nitrogens with one attached hydrogen (secondary N) is 1. The number of ether oxygens (including phenoxy) is 2. The number of carbonyl (C=O) groups is 1.